The molecule has 0 aliphatic carbocycles. The summed E-state index contributed by atoms with van der Waals surface area (Å²) in [6.45, 7) is 6.94. The second kappa shape index (κ2) is 7.15. The fourth-order valence-electron chi connectivity index (χ4n) is 2.93. The summed E-state index contributed by atoms with van der Waals surface area (Å²) >= 11 is 1.56. The molecule has 0 saturated carbocycles. The third kappa shape index (κ3) is 3.62. The number of hydrazine groups is 1. The van der Waals surface area contributed by atoms with Crippen molar-refractivity contribution in [2.45, 2.75) is 45.7 Å². The van der Waals surface area contributed by atoms with Crippen LogP contribution in [0.5, 0.6) is 0 Å². The Kier molecular flexibility index (Phi) is 5.47. The highest BCUT2D eigenvalue weighted by Crippen LogP contribution is 2.22. The van der Waals surface area contributed by atoms with Crippen LogP contribution in [0.3, 0.4) is 0 Å². The van der Waals surface area contributed by atoms with Crippen LogP contribution in [-0.2, 0) is 4.79 Å². The Morgan fingerprint density at radius 2 is 2.27 bits per heavy atom. The van der Waals surface area contributed by atoms with Crippen molar-refractivity contribution in [3.05, 3.63) is 28.6 Å². The van der Waals surface area contributed by atoms with Gasteiger partial charge in [-0.2, -0.15) is 0 Å². The molecular formula is C16H26N4OS. The molecule has 1 fully saturated rings. The maximum Gasteiger partial charge on any atom is 0.247 e. The van der Waals surface area contributed by atoms with E-state index in [1.54, 1.807) is 17.5 Å². The van der Waals surface area contributed by atoms with E-state index in [9.17, 15) is 4.79 Å². The summed E-state index contributed by atoms with van der Waals surface area (Å²) in [6, 6.07) is 3.79. The number of likely N-dealkylation sites (tertiary alicyclic amines) is 1. The van der Waals surface area contributed by atoms with E-state index in [4.69, 9.17) is 11.6 Å². The molecule has 1 aliphatic rings. The van der Waals surface area contributed by atoms with Gasteiger partial charge in [0.15, 0.2) is 0 Å². The molecule has 1 saturated heterocycles. The number of carbonyl (C=O) groups is 1. The molecule has 1 aromatic rings. The van der Waals surface area contributed by atoms with Crippen molar-refractivity contribution in [2.24, 2.45) is 17.5 Å². The van der Waals surface area contributed by atoms with Gasteiger partial charge in [0.1, 0.15) is 6.04 Å². The van der Waals surface area contributed by atoms with Crippen LogP contribution in [0.15, 0.2) is 23.7 Å². The molecular weight excluding hydrogens is 296 g/mol. The summed E-state index contributed by atoms with van der Waals surface area (Å²) in [5.74, 6) is 6.38. The Morgan fingerprint density at radius 3 is 2.77 bits per heavy atom. The Morgan fingerprint density at radius 1 is 1.55 bits per heavy atom. The molecule has 6 heteroatoms. The first-order chi connectivity index (χ1) is 10.4. The van der Waals surface area contributed by atoms with Crippen LogP contribution in [0.4, 0.5) is 0 Å². The number of carbonyl (C=O) groups excluding carboxylic acids is 1. The number of rotatable bonds is 5. The zero-order chi connectivity index (χ0) is 16.3. The summed E-state index contributed by atoms with van der Waals surface area (Å²) in [4.78, 5) is 15.7. The van der Waals surface area contributed by atoms with Gasteiger partial charge in [-0.25, -0.2) is 5.84 Å². The highest BCUT2D eigenvalue weighted by molar-refractivity contribution is 7.11. The normalized spacial score (nSPS) is 20.5. The van der Waals surface area contributed by atoms with Gasteiger partial charge in [-0.1, -0.05) is 19.9 Å². The summed E-state index contributed by atoms with van der Waals surface area (Å²) in [5.41, 5.74) is 6.67. The molecule has 0 bridgehead atoms. The van der Waals surface area contributed by atoms with Crippen LogP contribution in [0.1, 0.15) is 38.5 Å². The smallest absolute Gasteiger partial charge is 0.247 e. The van der Waals surface area contributed by atoms with Crippen LogP contribution in [-0.4, -0.2) is 34.4 Å². The first-order valence-corrected chi connectivity index (χ1v) is 8.64. The van der Waals surface area contributed by atoms with Crippen molar-refractivity contribution in [3.8, 4) is 0 Å². The monoisotopic (exact) mass is 322 g/mol. The van der Waals surface area contributed by atoms with Gasteiger partial charge in [0.2, 0.25) is 5.91 Å². The van der Waals surface area contributed by atoms with E-state index in [2.05, 4.69) is 6.92 Å². The van der Waals surface area contributed by atoms with Crippen molar-refractivity contribution >= 4 is 22.9 Å². The Bertz CT molecular complexity index is 526. The van der Waals surface area contributed by atoms with Gasteiger partial charge in [-0.3, -0.25) is 4.79 Å². The van der Waals surface area contributed by atoms with E-state index < -0.39 is 0 Å². The van der Waals surface area contributed by atoms with Crippen LogP contribution >= 0.6 is 11.3 Å². The zero-order valence-electron chi connectivity index (χ0n) is 13.5. The molecule has 1 amide bonds. The van der Waals surface area contributed by atoms with Gasteiger partial charge in [0.05, 0.1) is 10.6 Å². The minimum absolute atomic E-state index is 0.0951. The average molecular weight is 322 g/mol. The van der Waals surface area contributed by atoms with Gasteiger partial charge in [0.25, 0.3) is 0 Å². The van der Waals surface area contributed by atoms with Gasteiger partial charge in [-0.15, -0.1) is 11.3 Å². The molecule has 2 heterocycles. The number of amides is 1. The molecule has 0 aromatic carbocycles. The summed E-state index contributed by atoms with van der Waals surface area (Å²) in [5, 5.41) is 3.45. The molecule has 0 radical (unpaired) electrons. The number of hydrogen-bond donors (Lipinski definition) is 2. The predicted molar refractivity (Wildman–Crippen MR) is 91.5 cm³/mol. The van der Waals surface area contributed by atoms with E-state index in [1.165, 1.54) is 5.01 Å². The molecule has 1 aliphatic heterocycles. The topological polar surface area (TPSA) is 75.6 Å². The summed E-state index contributed by atoms with van der Waals surface area (Å²) in [6.07, 6.45) is 3.80. The van der Waals surface area contributed by atoms with Gasteiger partial charge in [-0.05, 0) is 37.1 Å². The fourth-order valence-corrected chi connectivity index (χ4v) is 3.58. The lowest BCUT2D eigenvalue weighted by Gasteiger charge is -2.34. The molecule has 122 valence electrons. The maximum atomic E-state index is 12.8. The first kappa shape index (κ1) is 16.8. The molecule has 1 aromatic heterocycles. The quantitative estimate of drug-likeness (QED) is 0.644. The predicted octanol–water partition coefficient (Wildman–Crippen LogP) is 2.22. The van der Waals surface area contributed by atoms with Crippen molar-refractivity contribution < 1.29 is 4.79 Å². The minimum Gasteiger partial charge on any atom is -0.396 e. The highest BCUT2D eigenvalue weighted by Gasteiger charge is 2.34. The van der Waals surface area contributed by atoms with Crippen LogP contribution in [0.2, 0.25) is 0 Å². The van der Waals surface area contributed by atoms with E-state index in [0.717, 1.165) is 24.3 Å². The number of nitrogens with zero attached hydrogens (tertiary/aromatic N) is 2. The molecule has 2 unspecified atom stereocenters. The molecule has 5 nitrogen and oxygen atoms in total. The number of hydrogen-bond acceptors (Lipinski definition) is 5. The third-order valence-corrected chi connectivity index (χ3v) is 5.05. The Hall–Kier alpha value is -1.53. The Labute approximate surface area is 136 Å². The lowest BCUT2D eigenvalue weighted by molar-refractivity contribution is -0.138. The Balaban J connectivity index is 2.16. The fraction of sp³-hybridized carbons (Fsp3) is 0.562. The largest absolute Gasteiger partial charge is 0.396 e. The molecule has 4 N–H and O–H groups in total. The maximum absolute atomic E-state index is 12.8. The van der Waals surface area contributed by atoms with Crippen LogP contribution in [0, 0.1) is 5.92 Å². The van der Waals surface area contributed by atoms with Crippen molar-refractivity contribution in [2.75, 3.05) is 6.54 Å². The average Bonchev–Trinajstić information content (AvgIpc) is 3.08. The summed E-state index contributed by atoms with van der Waals surface area (Å²) < 4.78 is 0. The third-order valence-electron chi connectivity index (χ3n) is 4.14. The first-order valence-electron chi connectivity index (χ1n) is 7.76. The van der Waals surface area contributed by atoms with Crippen LogP contribution in [0.25, 0.3) is 5.70 Å². The van der Waals surface area contributed by atoms with Crippen molar-refractivity contribution in [1.82, 2.24) is 9.91 Å². The van der Waals surface area contributed by atoms with Gasteiger partial charge in [0, 0.05) is 18.8 Å². The SMILES string of the molecule is CC(C)C(C(=O)N1CCCC1C)N(N)/C=C(\N)c1cccs1. The van der Waals surface area contributed by atoms with E-state index >= 15 is 0 Å². The molecule has 2 rings (SSSR count). The highest BCUT2D eigenvalue weighted by atomic mass is 32.1. The van der Waals surface area contributed by atoms with E-state index in [-0.39, 0.29) is 17.9 Å². The van der Waals surface area contributed by atoms with E-state index in [1.807, 2.05) is 36.3 Å². The lowest BCUT2D eigenvalue weighted by Crippen LogP contribution is -2.53. The summed E-state index contributed by atoms with van der Waals surface area (Å²) in [7, 11) is 0. The van der Waals surface area contributed by atoms with Crippen molar-refractivity contribution in [3.63, 3.8) is 0 Å². The molecule has 0 spiro atoms. The van der Waals surface area contributed by atoms with Gasteiger partial charge >= 0.3 is 0 Å². The molecule has 2 atom stereocenters. The van der Waals surface area contributed by atoms with Crippen molar-refractivity contribution in [1.29, 1.82) is 0 Å². The lowest BCUT2D eigenvalue weighted by atomic mass is 10.0. The molecule has 22 heavy (non-hydrogen) atoms. The van der Waals surface area contributed by atoms with Gasteiger partial charge < -0.3 is 15.6 Å². The standard InChI is InChI=1S/C16H26N4OS/c1-11(2)15(16(21)19-8-4-6-12(19)3)20(18)10-13(17)14-7-5-9-22-14/h5,7,9-12,15H,4,6,8,17-18H2,1-3H3/b13-10-. The number of nitrogens with two attached hydrogens (primary N) is 2. The van der Waals surface area contributed by atoms with Crippen LogP contribution < -0.4 is 11.6 Å². The number of thiophene rings is 1. The van der Waals surface area contributed by atoms with E-state index in [0.29, 0.717) is 11.7 Å². The zero-order valence-corrected chi connectivity index (χ0v) is 14.3. The second-order valence-electron chi connectivity index (χ2n) is 6.22. The minimum atomic E-state index is -0.390. The second-order valence-corrected chi connectivity index (χ2v) is 7.17.